The standard InChI is InChI=1S/C14H16F3N/c15-14(16,17)10-5-6-13-11(7-10)12(8-18-13)9-3-1-2-4-9/h5-7,9,12,18H,1-4,8H2. The van der Waals surface area contributed by atoms with Gasteiger partial charge in [0.1, 0.15) is 0 Å². The van der Waals surface area contributed by atoms with Crippen molar-refractivity contribution in [2.45, 2.75) is 37.8 Å². The monoisotopic (exact) mass is 255 g/mol. The third-order valence-corrected chi connectivity index (χ3v) is 4.26. The lowest BCUT2D eigenvalue weighted by atomic mass is 9.86. The minimum Gasteiger partial charge on any atom is -0.384 e. The molecule has 0 aromatic heterocycles. The number of hydrogen-bond acceptors (Lipinski definition) is 1. The number of halogens is 3. The normalized spacial score (nSPS) is 24.1. The predicted molar refractivity (Wildman–Crippen MR) is 64.6 cm³/mol. The fraction of sp³-hybridized carbons (Fsp3) is 0.571. The van der Waals surface area contributed by atoms with Crippen LogP contribution in [0.2, 0.25) is 0 Å². The van der Waals surface area contributed by atoms with Crippen LogP contribution < -0.4 is 5.32 Å². The maximum absolute atomic E-state index is 12.7. The van der Waals surface area contributed by atoms with E-state index in [1.54, 1.807) is 6.07 Å². The third-order valence-electron chi connectivity index (χ3n) is 4.26. The second kappa shape index (κ2) is 4.18. The highest BCUT2D eigenvalue weighted by Crippen LogP contribution is 2.44. The van der Waals surface area contributed by atoms with Gasteiger partial charge < -0.3 is 5.32 Å². The fourth-order valence-electron chi connectivity index (χ4n) is 3.32. The van der Waals surface area contributed by atoms with Gasteiger partial charge in [-0.3, -0.25) is 0 Å². The molecule has 1 heterocycles. The van der Waals surface area contributed by atoms with E-state index >= 15 is 0 Å². The molecule has 4 heteroatoms. The van der Waals surface area contributed by atoms with Gasteiger partial charge in [-0.05, 0) is 42.5 Å². The molecule has 1 nitrogen and oxygen atoms in total. The van der Waals surface area contributed by atoms with Crippen LogP contribution in [-0.2, 0) is 6.18 Å². The summed E-state index contributed by atoms with van der Waals surface area (Å²) in [5, 5.41) is 3.24. The zero-order valence-electron chi connectivity index (χ0n) is 10.1. The van der Waals surface area contributed by atoms with E-state index in [2.05, 4.69) is 5.32 Å². The zero-order chi connectivity index (χ0) is 12.8. The minimum atomic E-state index is -4.24. The van der Waals surface area contributed by atoms with Gasteiger partial charge >= 0.3 is 6.18 Å². The third kappa shape index (κ3) is 1.98. The van der Waals surface area contributed by atoms with E-state index in [-0.39, 0.29) is 5.92 Å². The Morgan fingerprint density at radius 3 is 2.50 bits per heavy atom. The van der Waals surface area contributed by atoms with Crippen molar-refractivity contribution in [3.05, 3.63) is 29.3 Å². The van der Waals surface area contributed by atoms with E-state index in [0.717, 1.165) is 30.6 Å². The van der Waals surface area contributed by atoms with Gasteiger partial charge in [0, 0.05) is 18.2 Å². The highest BCUT2D eigenvalue weighted by molar-refractivity contribution is 5.59. The van der Waals surface area contributed by atoms with Gasteiger partial charge in [-0.1, -0.05) is 12.8 Å². The molecule has 1 fully saturated rings. The van der Waals surface area contributed by atoms with Crippen LogP contribution in [0.25, 0.3) is 0 Å². The molecule has 1 aliphatic carbocycles. The van der Waals surface area contributed by atoms with E-state index < -0.39 is 11.7 Å². The molecule has 1 saturated carbocycles. The average molecular weight is 255 g/mol. The average Bonchev–Trinajstić information content (AvgIpc) is 2.95. The molecule has 98 valence electrons. The van der Waals surface area contributed by atoms with Gasteiger partial charge in [-0.15, -0.1) is 0 Å². The quantitative estimate of drug-likeness (QED) is 0.784. The Hall–Kier alpha value is -1.19. The summed E-state index contributed by atoms with van der Waals surface area (Å²) in [4.78, 5) is 0. The van der Waals surface area contributed by atoms with Gasteiger partial charge in [-0.2, -0.15) is 13.2 Å². The summed E-state index contributed by atoms with van der Waals surface area (Å²) >= 11 is 0. The van der Waals surface area contributed by atoms with E-state index in [1.165, 1.54) is 25.0 Å². The molecule has 3 rings (SSSR count). The molecule has 0 spiro atoms. The molecular weight excluding hydrogens is 239 g/mol. The van der Waals surface area contributed by atoms with Crippen LogP contribution >= 0.6 is 0 Å². The molecule has 1 atom stereocenters. The summed E-state index contributed by atoms with van der Waals surface area (Å²) < 4.78 is 38.2. The Labute approximate surface area is 104 Å². The Bertz CT molecular complexity index is 447. The van der Waals surface area contributed by atoms with Crippen molar-refractivity contribution >= 4 is 5.69 Å². The summed E-state index contributed by atoms with van der Waals surface area (Å²) in [5.41, 5.74) is 1.24. The number of rotatable bonds is 1. The number of hydrogen-bond donors (Lipinski definition) is 1. The fourth-order valence-corrected chi connectivity index (χ4v) is 3.32. The van der Waals surface area contributed by atoms with Crippen molar-refractivity contribution in [1.82, 2.24) is 0 Å². The maximum Gasteiger partial charge on any atom is 0.416 e. The minimum absolute atomic E-state index is 0.268. The van der Waals surface area contributed by atoms with Crippen LogP contribution in [0.3, 0.4) is 0 Å². The highest BCUT2D eigenvalue weighted by Gasteiger charge is 2.35. The first-order valence-corrected chi connectivity index (χ1v) is 6.51. The topological polar surface area (TPSA) is 12.0 Å². The lowest BCUT2D eigenvalue weighted by Crippen LogP contribution is -2.12. The van der Waals surface area contributed by atoms with E-state index in [9.17, 15) is 13.2 Å². The molecule has 1 unspecified atom stereocenters. The van der Waals surface area contributed by atoms with Crippen LogP contribution in [-0.4, -0.2) is 6.54 Å². The van der Waals surface area contributed by atoms with Crippen molar-refractivity contribution < 1.29 is 13.2 Å². The molecule has 1 N–H and O–H groups in total. The van der Waals surface area contributed by atoms with E-state index in [1.807, 2.05) is 0 Å². The zero-order valence-corrected chi connectivity index (χ0v) is 10.1. The lowest BCUT2D eigenvalue weighted by molar-refractivity contribution is -0.137. The van der Waals surface area contributed by atoms with Crippen LogP contribution in [0, 0.1) is 5.92 Å². The van der Waals surface area contributed by atoms with Gasteiger partial charge in [0.2, 0.25) is 0 Å². The Morgan fingerprint density at radius 2 is 1.83 bits per heavy atom. The number of fused-ring (bicyclic) bond motifs is 1. The predicted octanol–water partition coefficient (Wildman–Crippen LogP) is 4.40. The van der Waals surface area contributed by atoms with Crippen LogP contribution in [0.15, 0.2) is 18.2 Å². The van der Waals surface area contributed by atoms with E-state index in [0.29, 0.717) is 5.92 Å². The first-order valence-electron chi connectivity index (χ1n) is 6.51. The second-order valence-electron chi connectivity index (χ2n) is 5.33. The van der Waals surface area contributed by atoms with Crippen molar-refractivity contribution in [2.24, 2.45) is 5.92 Å². The second-order valence-corrected chi connectivity index (χ2v) is 5.33. The SMILES string of the molecule is FC(F)(F)c1ccc2c(c1)C(C1CCCC1)CN2. The molecule has 0 radical (unpaired) electrons. The van der Waals surface area contributed by atoms with Crippen molar-refractivity contribution in [3.63, 3.8) is 0 Å². The molecule has 1 aromatic carbocycles. The van der Waals surface area contributed by atoms with Crippen LogP contribution in [0.1, 0.15) is 42.7 Å². The summed E-state index contributed by atoms with van der Waals surface area (Å²) in [5.74, 6) is 0.826. The molecule has 18 heavy (non-hydrogen) atoms. The molecule has 2 aliphatic rings. The Kier molecular flexibility index (Phi) is 2.76. The molecule has 1 aromatic rings. The van der Waals surface area contributed by atoms with Crippen LogP contribution in [0.5, 0.6) is 0 Å². The molecule has 0 bridgehead atoms. The van der Waals surface area contributed by atoms with Crippen molar-refractivity contribution in [3.8, 4) is 0 Å². The van der Waals surface area contributed by atoms with Gasteiger partial charge in [0.05, 0.1) is 5.56 Å². The number of benzene rings is 1. The van der Waals surface area contributed by atoms with Gasteiger partial charge in [-0.25, -0.2) is 0 Å². The van der Waals surface area contributed by atoms with Crippen molar-refractivity contribution in [1.29, 1.82) is 0 Å². The number of alkyl halides is 3. The number of nitrogens with one attached hydrogen (secondary N) is 1. The lowest BCUT2D eigenvalue weighted by Gasteiger charge is -2.18. The molecule has 1 aliphatic heterocycles. The highest BCUT2D eigenvalue weighted by atomic mass is 19.4. The summed E-state index contributed by atoms with van der Waals surface area (Å²) in [6, 6.07) is 4.09. The first kappa shape index (κ1) is 11.9. The summed E-state index contributed by atoms with van der Waals surface area (Å²) in [6.45, 7) is 0.793. The molecular formula is C14H16F3N. The smallest absolute Gasteiger partial charge is 0.384 e. The first-order chi connectivity index (χ1) is 8.55. The van der Waals surface area contributed by atoms with Gasteiger partial charge in [0.15, 0.2) is 0 Å². The van der Waals surface area contributed by atoms with Gasteiger partial charge in [0.25, 0.3) is 0 Å². The summed E-state index contributed by atoms with van der Waals surface area (Å²) in [6.07, 6.45) is 0.507. The summed E-state index contributed by atoms with van der Waals surface area (Å²) in [7, 11) is 0. The number of anilines is 1. The Balaban J connectivity index is 1.93. The van der Waals surface area contributed by atoms with Crippen molar-refractivity contribution in [2.75, 3.05) is 11.9 Å². The molecule has 0 amide bonds. The maximum atomic E-state index is 12.7. The van der Waals surface area contributed by atoms with Crippen LogP contribution in [0.4, 0.5) is 18.9 Å². The van der Waals surface area contributed by atoms with E-state index in [4.69, 9.17) is 0 Å². The Morgan fingerprint density at radius 1 is 1.11 bits per heavy atom. The molecule has 0 saturated heterocycles. The largest absolute Gasteiger partial charge is 0.416 e.